The number of aliphatic hydroxyl groups excluding tert-OH is 1. The van der Waals surface area contributed by atoms with Crippen molar-refractivity contribution in [2.75, 3.05) is 0 Å². The zero-order valence-electron chi connectivity index (χ0n) is 11.6. The van der Waals surface area contributed by atoms with Gasteiger partial charge in [-0.15, -0.1) is 11.3 Å². The highest BCUT2D eigenvalue weighted by molar-refractivity contribution is 7.15. The third-order valence-corrected chi connectivity index (χ3v) is 4.10. The third kappa shape index (κ3) is 3.17. The molecule has 0 spiro atoms. The second-order valence-electron chi connectivity index (χ2n) is 4.63. The largest absolute Gasteiger partial charge is 0.388 e. The summed E-state index contributed by atoms with van der Waals surface area (Å²) >= 11 is 1.45. The van der Waals surface area contributed by atoms with Gasteiger partial charge in [0.1, 0.15) is 0 Å². The molecule has 0 aliphatic heterocycles. The van der Waals surface area contributed by atoms with Crippen molar-refractivity contribution < 1.29 is 14.2 Å². The number of hydrogen-bond donors (Lipinski definition) is 1. The minimum Gasteiger partial charge on any atom is -0.388 e. The van der Waals surface area contributed by atoms with Crippen LogP contribution in [0.25, 0.3) is 10.7 Å². The van der Waals surface area contributed by atoms with Crippen molar-refractivity contribution in [1.29, 1.82) is 0 Å². The number of hydrogen-bond acceptors (Lipinski definition) is 8. The molecule has 0 fully saturated rings. The highest BCUT2D eigenvalue weighted by Crippen LogP contribution is 2.29. The molecule has 0 aromatic carbocycles. The normalized spacial score (nSPS) is 12.7. The molecule has 21 heavy (non-hydrogen) atoms. The topological polar surface area (TPSA) is 98.1 Å². The fourth-order valence-electron chi connectivity index (χ4n) is 1.81. The molecule has 0 saturated carbocycles. The van der Waals surface area contributed by atoms with E-state index in [1.54, 1.807) is 13.8 Å². The molecule has 3 heterocycles. The molecule has 1 unspecified atom stereocenters. The van der Waals surface area contributed by atoms with Crippen molar-refractivity contribution >= 4 is 11.3 Å². The van der Waals surface area contributed by atoms with Gasteiger partial charge in [-0.2, -0.15) is 9.97 Å². The first-order valence-corrected chi connectivity index (χ1v) is 7.33. The van der Waals surface area contributed by atoms with E-state index in [1.807, 2.05) is 12.1 Å². The highest BCUT2D eigenvalue weighted by atomic mass is 32.1. The predicted molar refractivity (Wildman–Crippen MR) is 74.7 cm³/mol. The molecule has 0 amide bonds. The van der Waals surface area contributed by atoms with Crippen molar-refractivity contribution in [3.63, 3.8) is 0 Å². The van der Waals surface area contributed by atoms with Crippen molar-refractivity contribution in [1.82, 2.24) is 20.3 Å². The molecule has 7 nitrogen and oxygen atoms in total. The van der Waals surface area contributed by atoms with Crippen LogP contribution in [0.1, 0.15) is 35.5 Å². The number of rotatable bonds is 5. The van der Waals surface area contributed by atoms with E-state index in [9.17, 15) is 5.11 Å². The first-order valence-electron chi connectivity index (χ1n) is 6.52. The van der Waals surface area contributed by atoms with Gasteiger partial charge in [-0.05, 0) is 26.0 Å². The van der Waals surface area contributed by atoms with Crippen molar-refractivity contribution in [2.45, 2.75) is 32.8 Å². The average molecular weight is 306 g/mol. The summed E-state index contributed by atoms with van der Waals surface area (Å²) in [6.45, 7) is 3.50. The van der Waals surface area contributed by atoms with Gasteiger partial charge in [0, 0.05) is 17.7 Å². The van der Waals surface area contributed by atoms with Gasteiger partial charge in [0.05, 0.1) is 11.0 Å². The van der Waals surface area contributed by atoms with Crippen LogP contribution < -0.4 is 0 Å². The Bertz CT molecular complexity index is 731. The van der Waals surface area contributed by atoms with Crippen LogP contribution in [0.2, 0.25) is 0 Å². The monoisotopic (exact) mass is 306 g/mol. The Morgan fingerprint density at radius 2 is 1.86 bits per heavy atom. The van der Waals surface area contributed by atoms with Gasteiger partial charge in [0.25, 0.3) is 0 Å². The lowest BCUT2D eigenvalue weighted by Crippen LogP contribution is -1.92. The van der Waals surface area contributed by atoms with E-state index in [0.29, 0.717) is 36.3 Å². The molecule has 3 aromatic rings. The lowest BCUT2D eigenvalue weighted by Gasteiger charge is -1.96. The molecule has 8 heteroatoms. The molecule has 110 valence electrons. The molecule has 0 aliphatic carbocycles. The van der Waals surface area contributed by atoms with Gasteiger partial charge in [0.15, 0.2) is 5.82 Å². The van der Waals surface area contributed by atoms with Crippen LogP contribution in [0.5, 0.6) is 0 Å². The maximum Gasteiger partial charge on any atom is 0.227 e. The predicted octanol–water partition coefficient (Wildman–Crippen LogP) is 2.33. The van der Waals surface area contributed by atoms with Crippen LogP contribution in [-0.2, 0) is 12.8 Å². The minimum absolute atomic E-state index is 0.490. The Balaban J connectivity index is 1.67. The molecular formula is C13H14N4O3S. The van der Waals surface area contributed by atoms with Gasteiger partial charge >= 0.3 is 0 Å². The van der Waals surface area contributed by atoms with E-state index < -0.39 is 6.10 Å². The summed E-state index contributed by atoms with van der Waals surface area (Å²) in [5.41, 5.74) is 0. The van der Waals surface area contributed by atoms with Crippen molar-refractivity contribution in [3.05, 3.63) is 34.6 Å². The first-order chi connectivity index (χ1) is 10.1. The van der Waals surface area contributed by atoms with Crippen molar-refractivity contribution in [2.24, 2.45) is 0 Å². The Hall–Kier alpha value is -2.06. The van der Waals surface area contributed by atoms with Crippen LogP contribution in [-0.4, -0.2) is 25.4 Å². The van der Waals surface area contributed by atoms with E-state index in [1.165, 1.54) is 11.3 Å². The third-order valence-electron chi connectivity index (χ3n) is 2.85. The van der Waals surface area contributed by atoms with Gasteiger partial charge in [-0.3, -0.25) is 0 Å². The lowest BCUT2D eigenvalue weighted by molar-refractivity contribution is 0.203. The highest BCUT2D eigenvalue weighted by Gasteiger charge is 2.13. The second-order valence-corrected chi connectivity index (χ2v) is 5.74. The summed E-state index contributed by atoms with van der Waals surface area (Å²) in [6.07, 6.45) is 0.616. The smallest absolute Gasteiger partial charge is 0.227 e. The van der Waals surface area contributed by atoms with Gasteiger partial charge < -0.3 is 14.2 Å². The van der Waals surface area contributed by atoms with Crippen molar-refractivity contribution in [3.8, 4) is 10.7 Å². The maximum absolute atomic E-state index is 9.52. The molecule has 3 rings (SSSR count). The van der Waals surface area contributed by atoms with E-state index >= 15 is 0 Å². The summed E-state index contributed by atoms with van der Waals surface area (Å²) < 4.78 is 10.2. The molecule has 0 aliphatic rings. The van der Waals surface area contributed by atoms with Crippen LogP contribution in [0.4, 0.5) is 0 Å². The summed E-state index contributed by atoms with van der Waals surface area (Å²) in [6, 6.07) is 3.74. The van der Waals surface area contributed by atoms with E-state index in [-0.39, 0.29) is 0 Å². The molecule has 1 atom stereocenters. The number of thiophene rings is 1. The Morgan fingerprint density at radius 3 is 2.48 bits per heavy atom. The first kappa shape index (κ1) is 13.9. The minimum atomic E-state index is -0.490. The standard InChI is InChI=1S/C13H14N4O3S/c1-7(18)9-3-4-10(21-9)13-15-12(20-17-13)6-5-11-14-8(2)16-19-11/h3-4,7,18H,5-6H2,1-2H3. The van der Waals surface area contributed by atoms with Gasteiger partial charge in [-0.1, -0.05) is 10.3 Å². The zero-order chi connectivity index (χ0) is 14.8. The molecule has 3 aromatic heterocycles. The Kier molecular flexibility index (Phi) is 3.80. The van der Waals surface area contributed by atoms with Crippen LogP contribution in [0.15, 0.2) is 21.2 Å². The van der Waals surface area contributed by atoms with Gasteiger partial charge in [-0.25, -0.2) is 0 Å². The second kappa shape index (κ2) is 5.74. The molecular weight excluding hydrogens is 292 g/mol. The Labute approximate surface area is 124 Å². The molecule has 0 bridgehead atoms. The van der Waals surface area contributed by atoms with Gasteiger partial charge in [0.2, 0.25) is 17.6 Å². The Morgan fingerprint density at radius 1 is 1.14 bits per heavy atom. The number of aromatic nitrogens is 4. The van der Waals surface area contributed by atoms with E-state index in [4.69, 9.17) is 9.05 Å². The van der Waals surface area contributed by atoms with E-state index in [0.717, 1.165) is 9.75 Å². The summed E-state index contributed by atoms with van der Waals surface area (Å²) in [7, 11) is 0. The van der Waals surface area contributed by atoms with Crippen LogP contribution in [0.3, 0.4) is 0 Å². The van der Waals surface area contributed by atoms with Crippen LogP contribution in [0, 0.1) is 6.92 Å². The number of aliphatic hydroxyl groups is 1. The summed E-state index contributed by atoms with van der Waals surface area (Å²) in [5, 5.41) is 17.2. The van der Waals surface area contributed by atoms with Crippen LogP contribution >= 0.6 is 11.3 Å². The molecule has 0 saturated heterocycles. The van der Waals surface area contributed by atoms with E-state index in [2.05, 4.69) is 20.3 Å². The quantitative estimate of drug-likeness (QED) is 0.772. The summed E-state index contributed by atoms with van der Waals surface area (Å²) in [4.78, 5) is 10.2. The lowest BCUT2D eigenvalue weighted by atomic mass is 10.3. The fourth-order valence-corrected chi connectivity index (χ4v) is 2.68. The molecule has 1 N–H and O–H groups in total. The average Bonchev–Trinajstić information content (AvgIpc) is 3.16. The fraction of sp³-hybridized carbons (Fsp3) is 0.385. The maximum atomic E-state index is 9.52. The SMILES string of the molecule is Cc1noc(CCc2nc(-c3ccc(C(C)O)s3)no2)n1. The summed E-state index contributed by atoms with van der Waals surface area (Å²) in [5.74, 6) is 2.22. The molecule has 0 radical (unpaired) electrons. The zero-order valence-corrected chi connectivity index (χ0v) is 12.4. The number of aryl methyl sites for hydroxylation is 3. The number of nitrogens with zero attached hydrogens (tertiary/aromatic N) is 4.